The molecule has 0 atom stereocenters. The Morgan fingerprint density at radius 2 is 1.69 bits per heavy atom. The summed E-state index contributed by atoms with van der Waals surface area (Å²) in [5.41, 5.74) is 2.56. The number of hydrogen-bond donors (Lipinski definition) is 2. The lowest BCUT2D eigenvalue weighted by Crippen LogP contribution is -2.35. The number of anilines is 1. The lowest BCUT2D eigenvalue weighted by molar-refractivity contribution is 0.0724. The Bertz CT molecular complexity index is 1180. The lowest BCUT2D eigenvalue weighted by Gasteiger charge is -2.26. The normalized spacial score (nSPS) is 13.4. The Kier molecular flexibility index (Phi) is 7.54. The number of amides is 3. The third kappa shape index (κ3) is 5.39. The van der Waals surface area contributed by atoms with E-state index in [4.69, 9.17) is 14.2 Å². The van der Waals surface area contributed by atoms with Gasteiger partial charge in [-0.3, -0.25) is 4.79 Å². The summed E-state index contributed by atoms with van der Waals surface area (Å²) in [5, 5.41) is 13.9. The van der Waals surface area contributed by atoms with Crippen LogP contribution in [-0.4, -0.2) is 72.8 Å². The quantitative estimate of drug-likeness (QED) is 0.507. The molecule has 2 aromatic carbocycles. The summed E-state index contributed by atoms with van der Waals surface area (Å²) in [7, 11) is 4.54. The Hall–Kier alpha value is -4.02. The van der Waals surface area contributed by atoms with Gasteiger partial charge in [-0.25, -0.2) is 9.48 Å². The molecule has 0 aliphatic carbocycles. The topological polar surface area (TPSA) is 120 Å². The largest absolute Gasteiger partial charge is 0.493 e. The van der Waals surface area contributed by atoms with E-state index in [0.29, 0.717) is 47.1 Å². The van der Waals surface area contributed by atoms with Crippen molar-refractivity contribution >= 4 is 28.7 Å². The summed E-state index contributed by atoms with van der Waals surface area (Å²) >= 11 is 0. The van der Waals surface area contributed by atoms with Crippen LogP contribution in [0.4, 0.5) is 10.5 Å². The molecule has 1 fully saturated rings. The zero-order valence-electron chi connectivity index (χ0n) is 20.2. The van der Waals surface area contributed by atoms with Crippen molar-refractivity contribution in [2.24, 2.45) is 0 Å². The number of nitrogens with one attached hydrogen (secondary N) is 2. The second-order valence-electron chi connectivity index (χ2n) is 8.16. The summed E-state index contributed by atoms with van der Waals surface area (Å²) in [6.45, 7) is 2.34. The molecule has 0 unspecified atom stereocenters. The van der Waals surface area contributed by atoms with Gasteiger partial charge in [-0.2, -0.15) is 0 Å². The maximum absolute atomic E-state index is 12.8. The molecule has 4 rings (SSSR count). The van der Waals surface area contributed by atoms with Crippen molar-refractivity contribution in [1.29, 1.82) is 0 Å². The van der Waals surface area contributed by atoms with Crippen molar-refractivity contribution in [1.82, 2.24) is 25.2 Å². The van der Waals surface area contributed by atoms with Crippen LogP contribution in [0.15, 0.2) is 30.3 Å². The molecule has 0 bridgehead atoms. The van der Waals surface area contributed by atoms with Crippen LogP contribution in [0.2, 0.25) is 0 Å². The van der Waals surface area contributed by atoms with Crippen LogP contribution < -0.4 is 24.8 Å². The van der Waals surface area contributed by atoms with Gasteiger partial charge in [0.05, 0.1) is 39.1 Å². The highest BCUT2D eigenvalue weighted by Crippen LogP contribution is 2.39. The molecular formula is C24H30N6O5. The third-order valence-corrected chi connectivity index (χ3v) is 5.94. The summed E-state index contributed by atoms with van der Waals surface area (Å²) in [6, 6.07) is 8.34. The summed E-state index contributed by atoms with van der Waals surface area (Å²) in [5.74, 6) is 1.36. The molecule has 2 heterocycles. The molecule has 11 nitrogen and oxygen atoms in total. The number of carbonyl (C=O) groups is 2. The van der Waals surface area contributed by atoms with Gasteiger partial charge in [-0.15, -0.1) is 5.10 Å². The zero-order valence-corrected chi connectivity index (χ0v) is 20.2. The average Bonchev–Trinajstić information content (AvgIpc) is 3.30. The summed E-state index contributed by atoms with van der Waals surface area (Å²) in [4.78, 5) is 27.1. The summed E-state index contributed by atoms with van der Waals surface area (Å²) < 4.78 is 17.6. The van der Waals surface area contributed by atoms with E-state index in [1.165, 1.54) is 27.8 Å². The minimum absolute atomic E-state index is 0.0336. The average molecular weight is 483 g/mol. The molecule has 3 amide bonds. The highest BCUT2D eigenvalue weighted by Gasteiger charge is 2.19. The van der Waals surface area contributed by atoms with Crippen LogP contribution in [-0.2, 0) is 6.54 Å². The van der Waals surface area contributed by atoms with Gasteiger partial charge in [0, 0.05) is 37.3 Å². The molecule has 0 radical (unpaired) electrons. The fourth-order valence-corrected chi connectivity index (χ4v) is 4.15. The predicted molar refractivity (Wildman–Crippen MR) is 130 cm³/mol. The third-order valence-electron chi connectivity index (χ3n) is 5.94. The Labute approximate surface area is 203 Å². The Morgan fingerprint density at radius 3 is 2.34 bits per heavy atom. The van der Waals surface area contributed by atoms with Gasteiger partial charge in [-0.05, 0) is 37.5 Å². The number of carbonyl (C=O) groups excluding carboxylic acids is 2. The van der Waals surface area contributed by atoms with Crippen molar-refractivity contribution in [2.45, 2.75) is 25.8 Å². The fraction of sp³-hybridized carbons (Fsp3) is 0.417. The summed E-state index contributed by atoms with van der Waals surface area (Å²) in [6.07, 6.45) is 3.26. The fourth-order valence-electron chi connectivity index (χ4n) is 4.15. The van der Waals surface area contributed by atoms with Crippen molar-refractivity contribution in [2.75, 3.05) is 46.3 Å². The first-order chi connectivity index (χ1) is 17.0. The standard InChI is InChI=1S/C24H30N6O5/c1-33-20-14-17(15-21(34-2)22(20)35-3)26-24(32)25-9-12-30-19-8-7-16(13-18(19)27-28-30)23(31)29-10-5-4-6-11-29/h7-8,13-15H,4-6,9-12H2,1-3H3,(H2,25,26,32). The highest BCUT2D eigenvalue weighted by molar-refractivity contribution is 5.97. The minimum Gasteiger partial charge on any atom is -0.493 e. The Morgan fingerprint density at radius 1 is 0.971 bits per heavy atom. The first-order valence-corrected chi connectivity index (χ1v) is 11.5. The number of piperidine rings is 1. The van der Waals surface area contributed by atoms with Crippen LogP contribution in [0.3, 0.4) is 0 Å². The SMILES string of the molecule is COc1cc(NC(=O)NCCn2nnc3cc(C(=O)N4CCCCC4)ccc32)cc(OC)c1OC. The van der Waals surface area contributed by atoms with E-state index < -0.39 is 6.03 Å². The van der Waals surface area contributed by atoms with Gasteiger partial charge in [-0.1, -0.05) is 5.21 Å². The highest BCUT2D eigenvalue weighted by atomic mass is 16.5. The predicted octanol–water partition coefficient (Wildman–Crippen LogP) is 2.90. The molecule has 1 aromatic heterocycles. The number of aromatic nitrogens is 3. The van der Waals surface area contributed by atoms with Gasteiger partial charge >= 0.3 is 6.03 Å². The van der Waals surface area contributed by atoms with Crippen LogP contribution in [0, 0.1) is 0 Å². The van der Waals surface area contributed by atoms with Crippen LogP contribution in [0.1, 0.15) is 29.6 Å². The van der Waals surface area contributed by atoms with Gasteiger partial charge < -0.3 is 29.7 Å². The van der Waals surface area contributed by atoms with Crippen LogP contribution in [0.5, 0.6) is 17.2 Å². The van der Waals surface area contributed by atoms with Gasteiger partial charge in [0.1, 0.15) is 5.52 Å². The number of benzene rings is 2. The Balaban J connectivity index is 1.35. The van der Waals surface area contributed by atoms with Gasteiger partial charge in [0.15, 0.2) is 11.5 Å². The smallest absolute Gasteiger partial charge is 0.319 e. The number of rotatable bonds is 8. The van der Waals surface area contributed by atoms with E-state index in [-0.39, 0.29) is 5.91 Å². The maximum atomic E-state index is 12.8. The molecule has 35 heavy (non-hydrogen) atoms. The molecular weight excluding hydrogens is 452 g/mol. The van der Waals surface area contributed by atoms with Crippen molar-refractivity contribution in [3.05, 3.63) is 35.9 Å². The number of fused-ring (bicyclic) bond motifs is 1. The minimum atomic E-state index is -0.391. The molecule has 186 valence electrons. The van der Waals surface area contributed by atoms with Crippen LogP contribution >= 0.6 is 0 Å². The molecule has 1 aliphatic rings. The van der Waals surface area contributed by atoms with E-state index in [0.717, 1.165) is 31.4 Å². The maximum Gasteiger partial charge on any atom is 0.319 e. The number of urea groups is 1. The molecule has 1 aliphatic heterocycles. The second-order valence-corrected chi connectivity index (χ2v) is 8.16. The van der Waals surface area contributed by atoms with E-state index in [9.17, 15) is 9.59 Å². The van der Waals surface area contributed by atoms with Crippen molar-refractivity contribution in [3.8, 4) is 17.2 Å². The second kappa shape index (κ2) is 10.9. The molecule has 1 saturated heterocycles. The first kappa shape index (κ1) is 24.1. The molecule has 11 heteroatoms. The van der Waals surface area contributed by atoms with E-state index in [1.54, 1.807) is 22.9 Å². The number of methoxy groups -OCH3 is 3. The molecule has 3 aromatic rings. The molecule has 2 N–H and O–H groups in total. The van der Waals surface area contributed by atoms with Crippen molar-refractivity contribution < 1.29 is 23.8 Å². The lowest BCUT2D eigenvalue weighted by atomic mass is 10.1. The number of nitrogens with zero attached hydrogens (tertiary/aromatic N) is 4. The number of hydrogen-bond acceptors (Lipinski definition) is 7. The van der Waals surface area contributed by atoms with E-state index in [1.807, 2.05) is 17.0 Å². The van der Waals surface area contributed by atoms with Crippen molar-refractivity contribution in [3.63, 3.8) is 0 Å². The van der Waals surface area contributed by atoms with E-state index >= 15 is 0 Å². The number of likely N-dealkylation sites (tertiary alicyclic amines) is 1. The zero-order chi connectivity index (χ0) is 24.8. The van der Waals surface area contributed by atoms with Crippen LogP contribution in [0.25, 0.3) is 11.0 Å². The monoisotopic (exact) mass is 482 g/mol. The van der Waals surface area contributed by atoms with Gasteiger partial charge in [0.2, 0.25) is 5.75 Å². The first-order valence-electron chi connectivity index (χ1n) is 11.5. The number of ether oxygens (including phenoxy) is 3. The van der Waals surface area contributed by atoms with Gasteiger partial charge in [0.25, 0.3) is 5.91 Å². The van der Waals surface area contributed by atoms with E-state index in [2.05, 4.69) is 20.9 Å². The molecule has 0 saturated carbocycles. The molecule has 0 spiro atoms.